The summed E-state index contributed by atoms with van der Waals surface area (Å²) in [6.07, 6.45) is 0.291. The molecule has 11 nitrogen and oxygen atoms in total. The summed E-state index contributed by atoms with van der Waals surface area (Å²) >= 11 is 0. The number of aromatic hydroxyl groups is 1. The molecule has 226 valence electrons. The molecule has 0 heterocycles. The number of hydrogen-bond donors (Lipinski definition) is 6. The van der Waals surface area contributed by atoms with Crippen molar-refractivity contribution in [3.63, 3.8) is 0 Å². The number of aliphatic hydroxyl groups excluding tert-OH is 2. The van der Waals surface area contributed by atoms with Gasteiger partial charge in [0.1, 0.15) is 22.8 Å². The smallest absolute Gasteiger partial charge is 0.255 e. The molecule has 0 radical (unpaired) electrons. The van der Waals surface area contributed by atoms with E-state index in [1.54, 1.807) is 14.1 Å². The summed E-state index contributed by atoms with van der Waals surface area (Å²) in [5, 5.41) is 49.0. The molecule has 1 fully saturated rings. The number of nitrogens with two attached hydrogens (primary N) is 1. The van der Waals surface area contributed by atoms with Gasteiger partial charge in [-0.25, -0.2) is 0 Å². The summed E-state index contributed by atoms with van der Waals surface area (Å²) in [5.41, 5.74) is 3.73. The molecular formula is C29H41ClN4O7. The molecule has 0 bridgehead atoms. The van der Waals surface area contributed by atoms with Crippen LogP contribution in [0, 0.1) is 17.3 Å². The highest BCUT2D eigenvalue weighted by molar-refractivity contribution is 6.24. The number of likely N-dealkylation sites (N-methyl/N-ethyl adjacent to an activating group) is 1. The number of primary amides is 1. The summed E-state index contributed by atoms with van der Waals surface area (Å²) in [5.74, 6) is -6.55. The number of halogens is 1. The summed E-state index contributed by atoms with van der Waals surface area (Å²) in [4.78, 5) is 42.8. The molecule has 12 heteroatoms. The molecule has 7 N–H and O–H groups in total. The average Bonchev–Trinajstić information content (AvgIpc) is 2.81. The molecule has 4 unspecified atom stereocenters. The van der Waals surface area contributed by atoms with Gasteiger partial charge in [0.2, 0.25) is 5.78 Å². The van der Waals surface area contributed by atoms with E-state index in [1.165, 1.54) is 4.90 Å². The number of Topliss-reactive ketones (excluding diaryl/α,β-unsaturated/α-hetero) is 2. The van der Waals surface area contributed by atoms with Crippen molar-refractivity contribution in [1.29, 1.82) is 0 Å². The Morgan fingerprint density at radius 3 is 2.27 bits per heavy atom. The van der Waals surface area contributed by atoms with Crippen LogP contribution in [0.5, 0.6) is 5.75 Å². The minimum Gasteiger partial charge on any atom is -0.508 e. The number of hydrogen-bond acceptors (Lipinski definition) is 10. The monoisotopic (exact) mass is 592 g/mol. The maximum absolute atomic E-state index is 14.0. The Bertz CT molecular complexity index is 1360. The second-order valence-corrected chi connectivity index (χ2v) is 12.8. The molecule has 4 rings (SSSR count). The number of aliphatic hydroxyl groups is 3. The first-order chi connectivity index (χ1) is 18.4. The number of phenols is 1. The van der Waals surface area contributed by atoms with Crippen molar-refractivity contribution in [3.8, 4) is 5.75 Å². The number of ketones is 2. The van der Waals surface area contributed by atoms with Gasteiger partial charge in [0, 0.05) is 49.9 Å². The van der Waals surface area contributed by atoms with Crippen LogP contribution in [0.25, 0.3) is 5.76 Å². The van der Waals surface area contributed by atoms with E-state index < -0.39 is 58.0 Å². The fourth-order valence-corrected chi connectivity index (χ4v) is 6.45. The van der Waals surface area contributed by atoms with Crippen LogP contribution in [0.4, 0.5) is 5.69 Å². The Balaban J connectivity index is 0.00000462. The number of rotatable bonds is 6. The number of fused-ring (bicyclic) bond motifs is 3. The predicted octanol–water partition coefficient (Wildman–Crippen LogP) is 1.59. The van der Waals surface area contributed by atoms with Crippen LogP contribution in [0.1, 0.15) is 43.9 Å². The number of nitrogens with one attached hydrogen (secondary N) is 1. The summed E-state index contributed by atoms with van der Waals surface area (Å²) in [6.45, 7) is 7.21. The van der Waals surface area contributed by atoms with Crippen molar-refractivity contribution in [2.24, 2.45) is 23.0 Å². The van der Waals surface area contributed by atoms with Crippen molar-refractivity contribution in [2.45, 2.75) is 51.8 Å². The lowest BCUT2D eigenvalue weighted by Gasteiger charge is -2.50. The molecule has 1 saturated carbocycles. The van der Waals surface area contributed by atoms with E-state index in [0.29, 0.717) is 24.2 Å². The van der Waals surface area contributed by atoms with E-state index in [2.05, 4.69) is 26.1 Å². The molecule has 0 saturated heterocycles. The van der Waals surface area contributed by atoms with Crippen LogP contribution < -0.4 is 16.0 Å². The van der Waals surface area contributed by atoms with Crippen LogP contribution in [0.15, 0.2) is 23.0 Å². The largest absolute Gasteiger partial charge is 0.508 e. The third kappa shape index (κ3) is 5.09. The van der Waals surface area contributed by atoms with Gasteiger partial charge in [-0.05, 0) is 49.9 Å². The van der Waals surface area contributed by atoms with Crippen LogP contribution in [0.3, 0.4) is 0 Å². The molecule has 0 aromatic heterocycles. The Morgan fingerprint density at radius 1 is 1.15 bits per heavy atom. The van der Waals surface area contributed by atoms with Gasteiger partial charge in [-0.15, -0.1) is 12.4 Å². The van der Waals surface area contributed by atoms with Gasteiger partial charge in [0.15, 0.2) is 11.4 Å². The minimum absolute atomic E-state index is 0. The lowest BCUT2D eigenvalue weighted by molar-refractivity contribution is -0.153. The van der Waals surface area contributed by atoms with E-state index >= 15 is 0 Å². The number of phenolic OH excluding ortho intramolecular Hbond substituents is 1. The van der Waals surface area contributed by atoms with Crippen molar-refractivity contribution in [2.75, 3.05) is 39.6 Å². The predicted molar refractivity (Wildman–Crippen MR) is 157 cm³/mol. The minimum atomic E-state index is -2.66. The molecule has 1 aromatic rings. The van der Waals surface area contributed by atoms with E-state index in [1.807, 2.05) is 25.1 Å². The second kappa shape index (κ2) is 10.9. The number of amides is 1. The first-order valence-electron chi connectivity index (χ1n) is 13.3. The van der Waals surface area contributed by atoms with Gasteiger partial charge in [0.05, 0.1) is 11.6 Å². The lowest BCUT2D eigenvalue weighted by atomic mass is 9.57. The Morgan fingerprint density at radius 2 is 1.76 bits per heavy atom. The van der Waals surface area contributed by atoms with Crippen LogP contribution in [0.2, 0.25) is 0 Å². The highest BCUT2D eigenvalue weighted by Crippen LogP contribution is 2.54. The van der Waals surface area contributed by atoms with Crippen molar-refractivity contribution in [3.05, 3.63) is 39.7 Å². The molecule has 0 aliphatic heterocycles. The van der Waals surface area contributed by atoms with Crippen molar-refractivity contribution >= 4 is 41.3 Å². The third-order valence-electron chi connectivity index (χ3n) is 8.23. The van der Waals surface area contributed by atoms with Gasteiger partial charge in [0.25, 0.3) is 5.91 Å². The molecule has 4 atom stereocenters. The van der Waals surface area contributed by atoms with E-state index in [-0.39, 0.29) is 47.5 Å². The normalized spacial score (nSPS) is 25.9. The number of carbonyl (C=O) groups is 3. The molecule has 0 spiro atoms. The summed E-state index contributed by atoms with van der Waals surface area (Å²) < 4.78 is 0. The molecule has 3 aliphatic rings. The molecule has 1 amide bonds. The third-order valence-corrected chi connectivity index (χ3v) is 8.23. The average molecular weight is 593 g/mol. The molecule has 3 aliphatic carbocycles. The van der Waals surface area contributed by atoms with Gasteiger partial charge < -0.3 is 36.4 Å². The Kier molecular flexibility index (Phi) is 8.64. The van der Waals surface area contributed by atoms with Crippen LogP contribution >= 0.6 is 12.4 Å². The maximum atomic E-state index is 14.0. The summed E-state index contributed by atoms with van der Waals surface area (Å²) in [7, 11) is 6.84. The first kappa shape index (κ1) is 32.4. The van der Waals surface area contributed by atoms with Crippen molar-refractivity contribution in [1.82, 2.24) is 10.2 Å². The van der Waals surface area contributed by atoms with E-state index in [9.17, 15) is 34.8 Å². The molecule has 1 aromatic carbocycles. The standard InChI is InChI=1S/C29H40N4O7.ClH/c1-28(2,3)12-31-11-14-10-17(32(4)5)15-8-13-9-16-21(33(6)7)24(36)20(27(30)39)26(38)29(16,40)25(37)18(13)23(35)19(15)22(14)34;/h10,13,16,21,31,34-35,38,40H,8-9,11-12H2,1-7H3,(H2,30,39);1H. The molecular weight excluding hydrogens is 552 g/mol. The fraction of sp³-hybridized carbons (Fsp3) is 0.552. The van der Waals surface area contributed by atoms with Gasteiger partial charge in [-0.3, -0.25) is 19.3 Å². The number of anilines is 1. The fourth-order valence-electron chi connectivity index (χ4n) is 6.45. The maximum Gasteiger partial charge on any atom is 0.255 e. The zero-order valence-electron chi connectivity index (χ0n) is 24.5. The highest BCUT2D eigenvalue weighted by atomic mass is 35.5. The number of benzene rings is 1. The summed E-state index contributed by atoms with van der Waals surface area (Å²) in [6, 6.07) is 0.735. The van der Waals surface area contributed by atoms with Gasteiger partial charge >= 0.3 is 0 Å². The SMILES string of the molecule is CN(C)c1cc(CNCC(C)(C)C)c(O)c2c1CC1CC3C(N(C)C)C(=O)C(C(N)=O)=C(O)C3(O)C(=O)C1=C2O.Cl. The lowest BCUT2D eigenvalue weighted by Crippen LogP contribution is -2.65. The zero-order valence-corrected chi connectivity index (χ0v) is 25.3. The molecule has 41 heavy (non-hydrogen) atoms. The first-order valence-corrected chi connectivity index (χ1v) is 13.3. The Labute approximate surface area is 246 Å². The quantitative estimate of drug-likeness (QED) is 0.266. The van der Waals surface area contributed by atoms with Crippen LogP contribution in [-0.2, 0) is 27.3 Å². The number of carbonyl (C=O) groups excluding carboxylic acids is 3. The highest BCUT2D eigenvalue weighted by Gasteiger charge is 2.64. The van der Waals surface area contributed by atoms with E-state index in [0.717, 1.165) is 5.69 Å². The number of nitrogens with zero attached hydrogens (tertiary/aromatic N) is 2. The second-order valence-electron chi connectivity index (χ2n) is 12.8. The van der Waals surface area contributed by atoms with E-state index in [4.69, 9.17) is 5.73 Å². The van der Waals surface area contributed by atoms with Crippen molar-refractivity contribution < 1.29 is 34.8 Å². The topological polar surface area (TPSA) is 177 Å². The van der Waals surface area contributed by atoms with Gasteiger partial charge in [-0.2, -0.15) is 0 Å². The Hall–Kier alpha value is -3.12. The zero-order chi connectivity index (χ0) is 30.1. The van der Waals surface area contributed by atoms with Gasteiger partial charge in [-0.1, -0.05) is 20.8 Å². The van der Waals surface area contributed by atoms with Crippen LogP contribution in [-0.4, -0.2) is 89.2 Å².